The summed E-state index contributed by atoms with van der Waals surface area (Å²) < 4.78 is 42.8. The lowest BCUT2D eigenvalue weighted by molar-refractivity contribution is -0.0521. The summed E-state index contributed by atoms with van der Waals surface area (Å²) in [5.74, 6) is -1.30. The van der Waals surface area contributed by atoms with Gasteiger partial charge in [-0.15, -0.1) is 0 Å². The van der Waals surface area contributed by atoms with Crippen molar-refractivity contribution in [1.82, 2.24) is 0 Å². The summed E-state index contributed by atoms with van der Waals surface area (Å²) in [6.07, 6.45) is 0. The van der Waals surface area contributed by atoms with Gasteiger partial charge in [0.2, 0.25) is 0 Å². The van der Waals surface area contributed by atoms with Gasteiger partial charge >= 0.3 is 6.61 Å². The minimum atomic E-state index is -3.04. The Bertz CT molecular complexity index is 604. The molecule has 0 aromatic heterocycles. The van der Waals surface area contributed by atoms with Crippen molar-refractivity contribution in [2.24, 2.45) is 0 Å². The van der Waals surface area contributed by atoms with Crippen molar-refractivity contribution in [3.63, 3.8) is 0 Å². The van der Waals surface area contributed by atoms with Gasteiger partial charge in [0, 0.05) is 22.3 Å². The highest BCUT2D eigenvalue weighted by Gasteiger charge is 2.11. The van der Waals surface area contributed by atoms with Gasteiger partial charge in [0.1, 0.15) is 0 Å². The van der Waals surface area contributed by atoms with Gasteiger partial charge in [-0.05, 0) is 36.8 Å². The Hall–Kier alpha value is -1.69. The Morgan fingerprint density at radius 3 is 2.33 bits per heavy atom. The summed E-state index contributed by atoms with van der Waals surface area (Å²) >= 11 is 3.35. The van der Waals surface area contributed by atoms with E-state index in [0.717, 1.165) is 16.1 Å². The largest absolute Gasteiger partial charge is 0.432 e. The summed E-state index contributed by atoms with van der Waals surface area (Å²) in [4.78, 5) is 0. The Morgan fingerprint density at radius 1 is 1.10 bits per heavy atom. The molecule has 0 spiro atoms. The molecule has 1 atom stereocenters. The lowest BCUT2D eigenvalue weighted by atomic mass is 10.1. The fourth-order valence-corrected chi connectivity index (χ4v) is 2.13. The van der Waals surface area contributed by atoms with Gasteiger partial charge in [0.05, 0.1) is 0 Å². The normalized spacial score (nSPS) is 12.3. The highest BCUT2D eigenvalue weighted by atomic mass is 79.9. The highest BCUT2D eigenvalue weighted by molar-refractivity contribution is 9.10. The maximum atomic E-state index is 13.6. The topological polar surface area (TPSA) is 21.3 Å². The van der Waals surface area contributed by atoms with Crippen molar-refractivity contribution in [2.75, 3.05) is 5.32 Å². The van der Waals surface area contributed by atoms with E-state index in [1.54, 1.807) is 0 Å². The van der Waals surface area contributed by atoms with Gasteiger partial charge in [-0.2, -0.15) is 8.78 Å². The molecule has 2 aromatic carbocycles. The maximum Gasteiger partial charge on any atom is 0.387 e. The van der Waals surface area contributed by atoms with Gasteiger partial charge in [0.15, 0.2) is 11.6 Å². The van der Waals surface area contributed by atoms with Crippen molar-refractivity contribution < 1.29 is 17.9 Å². The first-order valence-electron chi connectivity index (χ1n) is 6.22. The van der Waals surface area contributed by atoms with Crippen LogP contribution in [0.4, 0.5) is 18.9 Å². The number of benzene rings is 2. The third-order valence-corrected chi connectivity index (χ3v) is 3.43. The molecule has 1 N–H and O–H groups in total. The van der Waals surface area contributed by atoms with Crippen LogP contribution in [0.2, 0.25) is 0 Å². The second-order valence-electron chi connectivity index (χ2n) is 4.44. The second kappa shape index (κ2) is 6.85. The molecule has 0 bridgehead atoms. The van der Waals surface area contributed by atoms with E-state index < -0.39 is 18.2 Å². The summed E-state index contributed by atoms with van der Waals surface area (Å²) in [5.41, 5.74) is 1.51. The van der Waals surface area contributed by atoms with E-state index in [-0.39, 0.29) is 6.04 Å². The Balaban J connectivity index is 2.09. The standard InChI is InChI=1S/C15H13BrF3NO/c1-9(10-2-4-11(16)5-3-10)20-12-6-7-14(13(17)8-12)21-15(18)19/h2-9,15,20H,1H3. The Labute approximate surface area is 129 Å². The van der Waals surface area contributed by atoms with E-state index in [9.17, 15) is 13.2 Å². The van der Waals surface area contributed by atoms with Crippen molar-refractivity contribution >= 4 is 21.6 Å². The van der Waals surface area contributed by atoms with Gasteiger partial charge in [-0.1, -0.05) is 28.1 Å². The molecule has 0 aliphatic rings. The number of hydrogen-bond acceptors (Lipinski definition) is 2. The molecule has 0 heterocycles. The number of ether oxygens (including phenoxy) is 1. The minimum absolute atomic E-state index is 0.0561. The first-order valence-corrected chi connectivity index (χ1v) is 7.01. The molecule has 0 saturated carbocycles. The van der Waals surface area contributed by atoms with E-state index >= 15 is 0 Å². The summed E-state index contributed by atoms with van der Waals surface area (Å²) in [6, 6.07) is 11.4. The van der Waals surface area contributed by atoms with Crippen molar-refractivity contribution in [1.29, 1.82) is 0 Å². The second-order valence-corrected chi connectivity index (χ2v) is 5.36. The first-order chi connectivity index (χ1) is 9.95. The minimum Gasteiger partial charge on any atom is -0.432 e. The molecule has 0 fully saturated rings. The predicted octanol–water partition coefficient (Wildman–Crippen LogP) is 5.36. The SMILES string of the molecule is CC(Nc1ccc(OC(F)F)c(F)c1)c1ccc(Br)cc1. The van der Waals surface area contributed by atoms with Crippen molar-refractivity contribution in [2.45, 2.75) is 19.6 Å². The molecule has 0 saturated heterocycles. The van der Waals surface area contributed by atoms with Crippen LogP contribution in [0.15, 0.2) is 46.9 Å². The van der Waals surface area contributed by atoms with Crippen molar-refractivity contribution in [3.8, 4) is 5.75 Å². The molecule has 0 radical (unpaired) electrons. The van der Waals surface area contributed by atoms with Crippen LogP contribution >= 0.6 is 15.9 Å². The van der Waals surface area contributed by atoms with E-state index in [1.807, 2.05) is 31.2 Å². The predicted molar refractivity (Wildman–Crippen MR) is 79.2 cm³/mol. The number of anilines is 1. The molecule has 0 aliphatic heterocycles. The number of rotatable bonds is 5. The van der Waals surface area contributed by atoms with Crippen LogP contribution in [-0.4, -0.2) is 6.61 Å². The van der Waals surface area contributed by atoms with Crippen LogP contribution in [-0.2, 0) is 0 Å². The zero-order chi connectivity index (χ0) is 15.4. The van der Waals surface area contributed by atoms with Gasteiger partial charge in [0.25, 0.3) is 0 Å². The van der Waals surface area contributed by atoms with E-state index in [1.165, 1.54) is 12.1 Å². The molecule has 2 rings (SSSR count). The monoisotopic (exact) mass is 359 g/mol. The molecule has 21 heavy (non-hydrogen) atoms. The van der Waals surface area contributed by atoms with Crippen LogP contribution in [0, 0.1) is 5.82 Å². The zero-order valence-electron chi connectivity index (χ0n) is 11.1. The first kappa shape index (κ1) is 15.7. The molecule has 112 valence electrons. The summed E-state index contributed by atoms with van der Waals surface area (Å²) in [7, 11) is 0. The fourth-order valence-electron chi connectivity index (χ4n) is 1.87. The average Bonchev–Trinajstić information content (AvgIpc) is 2.42. The third kappa shape index (κ3) is 4.39. The molecule has 6 heteroatoms. The van der Waals surface area contributed by atoms with Crippen LogP contribution in [0.3, 0.4) is 0 Å². The van der Waals surface area contributed by atoms with E-state index in [0.29, 0.717) is 5.69 Å². The Morgan fingerprint density at radius 2 is 1.76 bits per heavy atom. The summed E-state index contributed by atoms with van der Waals surface area (Å²) in [6.45, 7) is -1.12. The lowest BCUT2D eigenvalue weighted by Gasteiger charge is -2.16. The lowest BCUT2D eigenvalue weighted by Crippen LogP contribution is -2.08. The van der Waals surface area contributed by atoms with Crippen molar-refractivity contribution in [3.05, 3.63) is 58.3 Å². The van der Waals surface area contributed by atoms with Gasteiger partial charge in [-0.3, -0.25) is 0 Å². The fraction of sp³-hybridized carbons (Fsp3) is 0.200. The quantitative estimate of drug-likeness (QED) is 0.775. The summed E-state index contributed by atoms with van der Waals surface area (Å²) in [5, 5.41) is 3.10. The molecule has 2 nitrogen and oxygen atoms in total. The van der Waals surface area contributed by atoms with Crippen LogP contribution in [0.25, 0.3) is 0 Å². The third-order valence-electron chi connectivity index (χ3n) is 2.90. The number of nitrogens with one attached hydrogen (secondary N) is 1. The molecular formula is C15H13BrF3NO. The van der Waals surface area contributed by atoms with Crippen LogP contribution in [0.1, 0.15) is 18.5 Å². The van der Waals surface area contributed by atoms with E-state index in [4.69, 9.17) is 0 Å². The molecule has 1 unspecified atom stereocenters. The zero-order valence-corrected chi connectivity index (χ0v) is 12.7. The smallest absolute Gasteiger partial charge is 0.387 e. The van der Waals surface area contributed by atoms with E-state index in [2.05, 4.69) is 26.0 Å². The number of hydrogen-bond donors (Lipinski definition) is 1. The van der Waals surface area contributed by atoms with Crippen LogP contribution < -0.4 is 10.1 Å². The maximum absolute atomic E-state index is 13.6. The van der Waals surface area contributed by atoms with Gasteiger partial charge in [-0.25, -0.2) is 4.39 Å². The van der Waals surface area contributed by atoms with Crippen LogP contribution in [0.5, 0.6) is 5.75 Å². The molecular weight excluding hydrogens is 347 g/mol. The molecule has 0 aliphatic carbocycles. The Kier molecular flexibility index (Phi) is 5.12. The number of halogens is 4. The average molecular weight is 360 g/mol. The van der Waals surface area contributed by atoms with Gasteiger partial charge < -0.3 is 10.1 Å². The highest BCUT2D eigenvalue weighted by Crippen LogP contribution is 2.26. The number of alkyl halides is 2. The molecule has 0 amide bonds. The molecule has 2 aromatic rings.